The summed E-state index contributed by atoms with van der Waals surface area (Å²) in [5.41, 5.74) is 2.27. The van der Waals surface area contributed by atoms with Crippen LogP contribution in [-0.4, -0.2) is 23.6 Å². The second-order valence-electron chi connectivity index (χ2n) is 5.81. The van der Waals surface area contributed by atoms with Crippen LogP contribution in [0.25, 0.3) is 10.9 Å². The third-order valence-corrected chi connectivity index (χ3v) is 3.52. The van der Waals surface area contributed by atoms with Crippen LogP contribution in [0.2, 0.25) is 5.28 Å². The van der Waals surface area contributed by atoms with Gasteiger partial charge in [-0.25, -0.2) is 4.98 Å². The molecule has 0 saturated heterocycles. The SMILES string of the molecule is CCN(C)c1nc(Cl)nc2ccc(C(C)(C)C)cc12. The normalized spacial score (nSPS) is 11.9. The lowest BCUT2D eigenvalue weighted by molar-refractivity contribution is 0.591. The van der Waals surface area contributed by atoms with Gasteiger partial charge in [0.05, 0.1) is 5.52 Å². The summed E-state index contributed by atoms with van der Waals surface area (Å²) in [6.07, 6.45) is 0. The highest BCUT2D eigenvalue weighted by Crippen LogP contribution is 2.30. The molecule has 1 aromatic carbocycles. The molecule has 0 fully saturated rings. The van der Waals surface area contributed by atoms with E-state index in [4.69, 9.17) is 11.6 Å². The molecule has 0 radical (unpaired) electrons. The number of anilines is 1. The molecular formula is C15H20ClN3. The second-order valence-corrected chi connectivity index (χ2v) is 6.15. The number of rotatable bonds is 2. The van der Waals surface area contributed by atoms with Crippen molar-refractivity contribution >= 4 is 28.3 Å². The molecule has 0 amide bonds. The zero-order chi connectivity index (χ0) is 14.2. The zero-order valence-electron chi connectivity index (χ0n) is 12.2. The van der Waals surface area contributed by atoms with E-state index in [1.54, 1.807) is 0 Å². The van der Waals surface area contributed by atoms with Gasteiger partial charge in [0.1, 0.15) is 5.82 Å². The van der Waals surface area contributed by atoms with Crippen LogP contribution < -0.4 is 4.90 Å². The Hall–Kier alpha value is -1.35. The third-order valence-electron chi connectivity index (χ3n) is 3.35. The maximum atomic E-state index is 6.01. The van der Waals surface area contributed by atoms with Crippen LogP contribution in [-0.2, 0) is 5.41 Å². The molecule has 0 aliphatic carbocycles. The van der Waals surface area contributed by atoms with E-state index < -0.39 is 0 Å². The maximum absolute atomic E-state index is 6.01. The molecule has 0 N–H and O–H groups in total. The Morgan fingerprint density at radius 1 is 1.21 bits per heavy atom. The van der Waals surface area contributed by atoms with Gasteiger partial charge in [-0.2, -0.15) is 4.98 Å². The number of benzene rings is 1. The van der Waals surface area contributed by atoms with E-state index in [2.05, 4.69) is 54.7 Å². The Labute approximate surface area is 119 Å². The Bertz CT molecular complexity index is 602. The molecule has 1 aromatic heterocycles. The number of nitrogens with zero attached hydrogens (tertiary/aromatic N) is 3. The van der Waals surface area contributed by atoms with Gasteiger partial charge in [-0.3, -0.25) is 0 Å². The maximum Gasteiger partial charge on any atom is 0.224 e. The van der Waals surface area contributed by atoms with E-state index in [-0.39, 0.29) is 5.41 Å². The summed E-state index contributed by atoms with van der Waals surface area (Å²) in [6.45, 7) is 9.58. The van der Waals surface area contributed by atoms with Crippen LogP contribution in [0.3, 0.4) is 0 Å². The first-order valence-electron chi connectivity index (χ1n) is 6.52. The Morgan fingerprint density at radius 2 is 1.89 bits per heavy atom. The first kappa shape index (κ1) is 14.1. The minimum absolute atomic E-state index is 0.107. The van der Waals surface area contributed by atoms with Crippen LogP contribution in [0.15, 0.2) is 18.2 Å². The largest absolute Gasteiger partial charge is 0.359 e. The molecule has 102 valence electrons. The van der Waals surface area contributed by atoms with E-state index in [9.17, 15) is 0 Å². The molecule has 19 heavy (non-hydrogen) atoms. The highest BCUT2D eigenvalue weighted by molar-refractivity contribution is 6.28. The van der Waals surface area contributed by atoms with Crippen molar-refractivity contribution in [1.82, 2.24) is 9.97 Å². The predicted molar refractivity (Wildman–Crippen MR) is 82.2 cm³/mol. The molecule has 0 unspecified atom stereocenters. The molecule has 4 heteroatoms. The standard InChI is InChI=1S/C15H20ClN3/c1-6-19(5)13-11-9-10(15(2,3)4)7-8-12(11)17-14(16)18-13/h7-9H,6H2,1-5H3. The minimum atomic E-state index is 0.107. The fourth-order valence-corrected chi connectivity index (χ4v) is 2.16. The lowest BCUT2D eigenvalue weighted by atomic mass is 9.86. The van der Waals surface area contributed by atoms with Gasteiger partial charge < -0.3 is 4.90 Å². The second kappa shape index (κ2) is 4.97. The molecule has 1 heterocycles. The Balaban J connectivity index is 2.72. The molecule has 0 aliphatic rings. The zero-order valence-corrected chi connectivity index (χ0v) is 12.9. The first-order valence-corrected chi connectivity index (χ1v) is 6.89. The van der Waals surface area contributed by atoms with Gasteiger partial charge in [0, 0.05) is 19.0 Å². The van der Waals surface area contributed by atoms with Crippen molar-refractivity contribution in [3.8, 4) is 0 Å². The van der Waals surface area contributed by atoms with Crippen LogP contribution in [0, 0.1) is 0 Å². The van der Waals surface area contributed by atoms with Gasteiger partial charge in [0.2, 0.25) is 5.28 Å². The average Bonchev–Trinajstić information content (AvgIpc) is 2.35. The molecule has 0 aliphatic heterocycles. The molecule has 3 nitrogen and oxygen atoms in total. The molecule has 0 saturated carbocycles. The van der Waals surface area contributed by atoms with E-state index in [1.807, 2.05) is 13.1 Å². The highest BCUT2D eigenvalue weighted by atomic mass is 35.5. The van der Waals surface area contributed by atoms with Crippen molar-refractivity contribution in [1.29, 1.82) is 0 Å². The lowest BCUT2D eigenvalue weighted by Crippen LogP contribution is -2.18. The molecule has 0 atom stereocenters. The topological polar surface area (TPSA) is 29.0 Å². The number of aromatic nitrogens is 2. The third kappa shape index (κ3) is 2.81. The van der Waals surface area contributed by atoms with Gasteiger partial charge in [0.15, 0.2) is 0 Å². The van der Waals surface area contributed by atoms with Gasteiger partial charge in [0.25, 0.3) is 0 Å². The first-order chi connectivity index (χ1) is 8.82. The summed E-state index contributed by atoms with van der Waals surface area (Å²) in [5.74, 6) is 0.892. The summed E-state index contributed by atoms with van der Waals surface area (Å²) in [5, 5.41) is 1.35. The van der Waals surface area contributed by atoms with Crippen LogP contribution in [0.5, 0.6) is 0 Å². The van der Waals surface area contributed by atoms with Crippen molar-refractivity contribution in [3.63, 3.8) is 0 Å². The van der Waals surface area contributed by atoms with E-state index in [0.717, 1.165) is 23.3 Å². The summed E-state index contributed by atoms with van der Waals surface area (Å²) in [7, 11) is 2.02. The number of halogens is 1. The number of hydrogen-bond donors (Lipinski definition) is 0. The summed E-state index contributed by atoms with van der Waals surface area (Å²) in [6, 6.07) is 6.31. The molecule has 0 bridgehead atoms. The molecular weight excluding hydrogens is 258 g/mol. The number of hydrogen-bond acceptors (Lipinski definition) is 3. The fourth-order valence-electron chi connectivity index (χ4n) is 1.99. The van der Waals surface area contributed by atoms with Gasteiger partial charge in [-0.15, -0.1) is 0 Å². The Kier molecular flexibility index (Phi) is 3.68. The van der Waals surface area contributed by atoms with Crippen LogP contribution >= 0.6 is 11.6 Å². The van der Waals surface area contributed by atoms with E-state index in [0.29, 0.717) is 5.28 Å². The van der Waals surface area contributed by atoms with E-state index >= 15 is 0 Å². The average molecular weight is 278 g/mol. The smallest absolute Gasteiger partial charge is 0.224 e. The van der Waals surface area contributed by atoms with Crippen molar-refractivity contribution in [3.05, 3.63) is 29.0 Å². The summed E-state index contributed by atoms with van der Waals surface area (Å²) < 4.78 is 0. The molecule has 0 spiro atoms. The van der Waals surface area contributed by atoms with Crippen molar-refractivity contribution in [2.24, 2.45) is 0 Å². The predicted octanol–water partition coefficient (Wildman–Crippen LogP) is 4.04. The number of fused-ring (bicyclic) bond motifs is 1. The fraction of sp³-hybridized carbons (Fsp3) is 0.467. The molecule has 2 rings (SSSR count). The van der Waals surface area contributed by atoms with Crippen molar-refractivity contribution in [2.75, 3.05) is 18.5 Å². The van der Waals surface area contributed by atoms with E-state index in [1.165, 1.54) is 5.56 Å². The summed E-state index contributed by atoms with van der Waals surface area (Å²) in [4.78, 5) is 10.8. The highest BCUT2D eigenvalue weighted by Gasteiger charge is 2.17. The minimum Gasteiger partial charge on any atom is -0.359 e. The van der Waals surface area contributed by atoms with Gasteiger partial charge >= 0.3 is 0 Å². The summed E-state index contributed by atoms with van der Waals surface area (Å²) >= 11 is 6.01. The van der Waals surface area contributed by atoms with Crippen molar-refractivity contribution in [2.45, 2.75) is 33.1 Å². The van der Waals surface area contributed by atoms with Gasteiger partial charge in [-0.1, -0.05) is 26.8 Å². The Morgan fingerprint density at radius 3 is 2.47 bits per heavy atom. The quantitative estimate of drug-likeness (QED) is 0.776. The lowest BCUT2D eigenvalue weighted by Gasteiger charge is -2.22. The van der Waals surface area contributed by atoms with Crippen molar-refractivity contribution < 1.29 is 0 Å². The van der Waals surface area contributed by atoms with Crippen LogP contribution in [0.4, 0.5) is 5.82 Å². The molecule has 2 aromatic rings. The monoisotopic (exact) mass is 277 g/mol. The van der Waals surface area contributed by atoms with Gasteiger partial charge in [-0.05, 0) is 41.6 Å². The van der Waals surface area contributed by atoms with Crippen LogP contribution in [0.1, 0.15) is 33.3 Å².